The number of benzene rings is 2. The van der Waals surface area contributed by atoms with Crippen molar-refractivity contribution in [3.8, 4) is 11.1 Å². The Morgan fingerprint density at radius 2 is 1.81 bits per heavy atom. The normalized spacial score (nSPS) is 12.6. The monoisotopic (exact) mass is 512 g/mol. The fourth-order valence-corrected chi connectivity index (χ4v) is 4.25. The highest BCUT2D eigenvalue weighted by molar-refractivity contribution is 6.30. The first-order valence-corrected chi connectivity index (χ1v) is 12.7. The molecule has 1 aromatic heterocycles. The van der Waals surface area contributed by atoms with Gasteiger partial charge in [-0.1, -0.05) is 23.7 Å². The zero-order valence-corrected chi connectivity index (χ0v) is 22.9. The summed E-state index contributed by atoms with van der Waals surface area (Å²) in [5.74, 6) is 0.754. The number of rotatable bonds is 12. The number of methoxy groups -OCH3 is 1. The van der Waals surface area contributed by atoms with Crippen molar-refractivity contribution in [2.75, 3.05) is 38.8 Å². The van der Waals surface area contributed by atoms with Crippen LogP contribution >= 0.6 is 11.6 Å². The standard InChI is InChI=1S/C29H37ClN2O4/c1-19-18-24-23(12-13-25(32-24)31-14-7-15-35-17-16-34-6)27(21-8-10-22(30)11-9-21)26(19)28(20(2)33)36-29(3,4)5/h8-13,18,28H,7,14-17H2,1-6H3,(H,31,32)/t28-/m1/s1. The zero-order valence-electron chi connectivity index (χ0n) is 22.1. The van der Waals surface area contributed by atoms with Gasteiger partial charge in [0.2, 0.25) is 0 Å². The summed E-state index contributed by atoms with van der Waals surface area (Å²) in [6.45, 7) is 12.1. The van der Waals surface area contributed by atoms with Crippen molar-refractivity contribution < 1.29 is 19.0 Å². The third-order valence-corrected chi connectivity index (χ3v) is 5.93. The van der Waals surface area contributed by atoms with E-state index in [-0.39, 0.29) is 5.78 Å². The van der Waals surface area contributed by atoms with E-state index >= 15 is 0 Å². The molecule has 0 saturated carbocycles. The number of nitrogens with zero attached hydrogens (tertiary/aromatic N) is 1. The molecule has 1 heterocycles. The molecule has 194 valence electrons. The molecule has 0 bridgehead atoms. The van der Waals surface area contributed by atoms with Gasteiger partial charge >= 0.3 is 0 Å². The van der Waals surface area contributed by atoms with Crippen LogP contribution < -0.4 is 5.32 Å². The first kappa shape index (κ1) is 28.1. The predicted molar refractivity (Wildman–Crippen MR) is 147 cm³/mol. The number of ether oxygens (including phenoxy) is 3. The molecule has 0 unspecified atom stereocenters. The molecule has 0 saturated heterocycles. The Morgan fingerprint density at radius 3 is 2.44 bits per heavy atom. The van der Waals surface area contributed by atoms with Gasteiger partial charge in [0.05, 0.1) is 24.3 Å². The second kappa shape index (κ2) is 12.6. The molecule has 2 aromatic carbocycles. The SMILES string of the molecule is COCCOCCCNc1ccc2c(-c3ccc(Cl)cc3)c([C@H](OC(C)(C)C)C(C)=O)c(C)cc2n1. The highest BCUT2D eigenvalue weighted by Crippen LogP contribution is 2.40. The number of fused-ring (bicyclic) bond motifs is 1. The topological polar surface area (TPSA) is 69.7 Å². The average Bonchev–Trinajstić information content (AvgIpc) is 2.81. The molecule has 0 amide bonds. The van der Waals surface area contributed by atoms with E-state index in [1.54, 1.807) is 14.0 Å². The summed E-state index contributed by atoms with van der Waals surface area (Å²) in [6.07, 6.45) is 0.165. The number of hydrogen-bond acceptors (Lipinski definition) is 6. The van der Waals surface area contributed by atoms with Crippen molar-refractivity contribution in [2.45, 2.75) is 52.7 Å². The van der Waals surface area contributed by atoms with Gasteiger partial charge in [-0.25, -0.2) is 4.98 Å². The fraction of sp³-hybridized carbons (Fsp3) is 0.448. The van der Waals surface area contributed by atoms with Crippen molar-refractivity contribution in [3.05, 3.63) is 58.6 Å². The third-order valence-electron chi connectivity index (χ3n) is 5.68. The molecule has 6 nitrogen and oxygen atoms in total. The largest absolute Gasteiger partial charge is 0.382 e. The molecule has 36 heavy (non-hydrogen) atoms. The number of hydrogen-bond donors (Lipinski definition) is 1. The number of carbonyl (C=O) groups excluding carboxylic acids is 1. The summed E-state index contributed by atoms with van der Waals surface area (Å²) >= 11 is 6.19. The van der Waals surface area contributed by atoms with E-state index in [2.05, 4.69) is 11.4 Å². The number of nitrogens with one attached hydrogen (secondary N) is 1. The lowest BCUT2D eigenvalue weighted by molar-refractivity contribution is -0.138. The molecular formula is C29H37ClN2O4. The fourth-order valence-electron chi connectivity index (χ4n) is 4.12. The van der Waals surface area contributed by atoms with Crippen LogP contribution in [-0.4, -0.2) is 49.8 Å². The van der Waals surface area contributed by atoms with Gasteiger partial charge in [0.1, 0.15) is 11.9 Å². The van der Waals surface area contributed by atoms with Crippen LogP contribution in [0.2, 0.25) is 5.02 Å². The average molecular weight is 513 g/mol. The maximum Gasteiger partial charge on any atom is 0.163 e. The second-order valence-corrected chi connectivity index (χ2v) is 10.3. The van der Waals surface area contributed by atoms with E-state index in [0.717, 1.165) is 51.9 Å². The van der Waals surface area contributed by atoms with Gasteiger partial charge in [0, 0.05) is 30.7 Å². The van der Waals surface area contributed by atoms with Crippen LogP contribution in [0.3, 0.4) is 0 Å². The Morgan fingerprint density at radius 1 is 1.08 bits per heavy atom. The number of anilines is 1. The predicted octanol–water partition coefficient (Wildman–Crippen LogP) is 6.77. The molecule has 0 radical (unpaired) electrons. The lowest BCUT2D eigenvalue weighted by atomic mass is 9.87. The van der Waals surface area contributed by atoms with Crippen molar-refractivity contribution in [2.24, 2.45) is 0 Å². The van der Waals surface area contributed by atoms with Gasteiger partial charge < -0.3 is 19.5 Å². The number of aryl methyl sites for hydroxylation is 1. The molecule has 0 fully saturated rings. The number of ketones is 1. The molecular weight excluding hydrogens is 476 g/mol. The summed E-state index contributed by atoms with van der Waals surface area (Å²) in [6, 6.07) is 13.7. The molecule has 1 N–H and O–H groups in total. The highest BCUT2D eigenvalue weighted by Gasteiger charge is 2.29. The molecule has 0 aliphatic rings. The van der Waals surface area contributed by atoms with Crippen LogP contribution in [0.15, 0.2) is 42.5 Å². The lowest BCUT2D eigenvalue weighted by Crippen LogP contribution is -2.27. The Labute approximate surface area is 219 Å². The summed E-state index contributed by atoms with van der Waals surface area (Å²) < 4.78 is 16.8. The minimum atomic E-state index is -0.698. The molecule has 7 heteroatoms. The zero-order chi connectivity index (χ0) is 26.3. The minimum Gasteiger partial charge on any atom is -0.382 e. The van der Waals surface area contributed by atoms with Gasteiger partial charge in [-0.2, -0.15) is 0 Å². The van der Waals surface area contributed by atoms with Crippen molar-refractivity contribution in [1.82, 2.24) is 4.98 Å². The Bertz CT molecular complexity index is 1170. The molecule has 0 aliphatic carbocycles. The highest BCUT2D eigenvalue weighted by atomic mass is 35.5. The van der Waals surface area contributed by atoms with Crippen LogP contribution in [0.1, 0.15) is 51.3 Å². The Hall–Kier alpha value is -2.51. The van der Waals surface area contributed by atoms with Crippen molar-refractivity contribution >= 4 is 34.1 Å². The number of halogens is 1. The number of pyridine rings is 1. The van der Waals surface area contributed by atoms with Crippen LogP contribution in [0.25, 0.3) is 22.0 Å². The number of aromatic nitrogens is 1. The maximum atomic E-state index is 12.8. The van der Waals surface area contributed by atoms with Gasteiger partial charge in [-0.3, -0.25) is 4.79 Å². The quantitative estimate of drug-likeness (QED) is 0.270. The Kier molecular flexibility index (Phi) is 9.85. The summed E-state index contributed by atoms with van der Waals surface area (Å²) in [7, 11) is 1.66. The van der Waals surface area contributed by atoms with E-state index in [4.69, 9.17) is 30.8 Å². The summed E-state index contributed by atoms with van der Waals surface area (Å²) in [4.78, 5) is 17.7. The van der Waals surface area contributed by atoms with Crippen LogP contribution in [0, 0.1) is 6.92 Å². The van der Waals surface area contributed by atoms with E-state index in [1.807, 2.05) is 64.1 Å². The summed E-state index contributed by atoms with van der Waals surface area (Å²) in [5, 5.41) is 4.99. The maximum absolute atomic E-state index is 12.8. The lowest BCUT2D eigenvalue weighted by Gasteiger charge is -2.29. The Balaban J connectivity index is 2.01. The molecule has 3 rings (SSSR count). The van der Waals surface area contributed by atoms with Gasteiger partial charge in [0.25, 0.3) is 0 Å². The van der Waals surface area contributed by atoms with Crippen molar-refractivity contribution in [1.29, 1.82) is 0 Å². The van der Waals surface area contributed by atoms with Crippen molar-refractivity contribution in [3.63, 3.8) is 0 Å². The smallest absolute Gasteiger partial charge is 0.163 e. The minimum absolute atomic E-state index is 0.0402. The third kappa shape index (κ3) is 7.50. The molecule has 0 aliphatic heterocycles. The number of carbonyl (C=O) groups is 1. The van der Waals surface area contributed by atoms with Crippen LogP contribution in [-0.2, 0) is 19.0 Å². The molecule has 1 atom stereocenters. The molecule has 3 aromatic rings. The first-order valence-electron chi connectivity index (χ1n) is 12.3. The molecule has 0 spiro atoms. The van der Waals surface area contributed by atoms with E-state index in [9.17, 15) is 4.79 Å². The summed E-state index contributed by atoms with van der Waals surface area (Å²) in [5.41, 5.74) is 4.07. The first-order chi connectivity index (χ1) is 17.1. The van der Waals surface area contributed by atoms with E-state index in [0.29, 0.717) is 24.8 Å². The van der Waals surface area contributed by atoms with Crippen LogP contribution in [0.5, 0.6) is 0 Å². The second-order valence-electron chi connectivity index (χ2n) is 9.86. The van der Waals surface area contributed by atoms with Crippen LogP contribution in [0.4, 0.5) is 5.82 Å². The van der Waals surface area contributed by atoms with E-state index in [1.165, 1.54) is 0 Å². The van der Waals surface area contributed by atoms with Gasteiger partial charge in [0.15, 0.2) is 5.78 Å². The number of Topliss-reactive ketones (excluding diaryl/α,β-unsaturated/α-hetero) is 1. The van der Waals surface area contributed by atoms with E-state index < -0.39 is 11.7 Å². The van der Waals surface area contributed by atoms with Gasteiger partial charge in [-0.15, -0.1) is 0 Å². The van der Waals surface area contributed by atoms with Gasteiger partial charge in [-0.05, 0) is 93.6 Å².